The van der Waals surface area contributed by atoms with Crippen molar-refractivity contribution in [2.45, 2.75) is 0 Å². The van der Waals surface area contributed by atoms with Crippen molar-refractivity contribution >= 4 is 29.8 Å². The number of para-hydroxylation sites is 5. The molecule has 0 aliphatic carbocycles. The zero-order valence-electron chi connectivity index (χ0n) is 26.9. The summed E-state index contributed by atoms with van der Waals surface area (Å²) in [6, 6.07) is 27.7. The Morgan fingerprint density at radius 1 is 0.308 bits per heavy atom. The second-order valence-corrected chi connectivity index (χ2v) is 9.01. The van der Waals surface area contributed by atoms with Crippen LogP contribution in [0.2, 0.25) is 0 Å². The van der Waals surface area contributed by atoms with Gasteiger partial charge in [-0.25, -0.2) is 24.0 Å². The van der Waals surface area contributed by atoms with E-state index >= 15 is 0 Å². The van der Waals surface area contributed by atoms with E-state index in [4.69, 9.17) is 25.5 Å². The number of hydrogen-bond donors (Lipinski definition) is 5. The summed E-state index contributed by atoms with van der Waals surface area (Å²) in [6.45, 7) is 0. The van der Waals surface area contributed by atoms with Crippen molar-refractivity contribution in [2.75, 3.05) is 0 Å². The third-order valence-electron chi connectivity index (χ3n) is 5.59. The van der Waals surface area contributed by atoms with Gasteiger partial charge in [-0.1, -0.05) is 120 Å². The first-order valence-electron chi connectivity index (χ1n) is 13.5. The maximum atomic E-state index is 10.7. The zero-order chi connectivity index (χ0) is 37.8. The van der Waals surface area contributed by atoms with E-state index in [2.05, 4.69) is 0 Å². The van der Waals surface area contributed by atoms with E-state index in [0.717, 1.165) is 0 Å². The molecule has 0 fully saturated rings. The van der Waals surface area contributed by atoms with Crippen molar-refractivity contribution in [2.24, 2.45) is 0 Å². The molecule has 0 aromatic heterocycles. The summed E-state index contributed by atoms with van der Waals surface area (Å²) in [5, 5.41) is 95.2. The van der Waals surface area contributed by atoms with Gasteiger partial charge in [0.05, 0.1) is 27.8 Å². The topological polar surface area (TPSA) is 302 Å². The van der Waals surface area contributed by atoms with E-state index in [1.807, 2.05) is 0 Å². The van der Waals surface area contributed by atoms with Crippen molar-refractivity contribution < 1.29 is 145 Å². The van der Waals surface area contributed by atoms with Crippen LogP contribution < -0.4 is 55.1 Å². The van der Waals surface area contributed by atoms with E-state index < -0.39 is 58.6 Å². The van der Waals surface area contributed by atoms with Crippen molar-refractivity contribution in [3.05, 3.63) is 149 Å². The van der Waals surface area contributed by atoms with Gasteiger partial charge in [0.2, 0.25) is 0 Å². The fourth-order valence-electron chi connectivity index (χ4n) is 3.22. The van der Waals surface area contributed by atoms with Crippen LogP contribution in [0.5, 0.6) is 28.7 Å². The number of aromatic carboxylic acids is 5. The second kappa shape index (κ2) is 25.7. The molecule has 0 aliphatic rings. The molecule has 5 aromatic carbocycles. The van der Waals surface area contributed by atoms with Crippen LogP contribution in [0.25, 0.3) is 0 Å². The molecular formula is C35H25NaO15Th. The van der Waals surface area contributed by atoms with Crippen molar-refractivity contribution in [3.63, 3.8) is 0 Å². The van der Waals surface area contributed by atoms with Crippen LogP contribution in [0.1, 0.15) is 51.8 Å². The fraction of sp³-hybridized carbons (Fsp3) is 0. The predicted molar refractivity (Wildman–Crippen MR) is 164 cm³/mol. The van der Waals surface area contributed by atoms with E-state index in [9.17, 15) is 49.5 Å². The van der Waals surface area contributed by atoms with Crippen molar-refractivity contribution in [3.8, 4) is 28.7 Å². The van der Waals surface area contributed by atoms with Crippen LogP contribution in [0.4, 0.5) is 0 Å². The molecule has 0 bridgehead atoms. The van der Waals surface area contributed by atoms with E-state index in [1.54, 1.807) is 0 Å². The molecule has 0 radical (unpaired) electrons. The van der Waals surface area contributed by atoms with Crippen LogP contribution in [0.15, 0.2) is 121 Å². The van der Waals surface area contributed by atoms with Gasteiger partial charge in [0.15, 0.2) is 0 Å². The van der Waals surface area contributed by atoms with Gasteiger partial charge in [-0.15, -0.1) is 0 Å². The van der Waals surface area contributed by atoms with Gasteiger partial charge in [0.1, 0.15) is 0 Å². The van der Waals surface area contributed by atoms with E-state index in [-0.39, 0.29) is 97.3 Å². The fourth-order valence-corrected chi connectivity index (χ4v) is 3.22. The van der Waals surface area contributed by atoms with Gasteiger partial charge in [-0.2, -0.15) is 0 Å². The molecular weight excluding hydrogens is 915 g/mol. The number of hydrogen-bond acceptors (Lipinski definition) is 10. The minimum atomic E-state index is -1.18. The Morgan fingerprint density at radius 3 is 0.500 bits per heavy atom. The number of rotatable bonds is 5. The Bertz CT molecular complexity index is 1610. The first kappa shape index (κ1) is 48.9. The average Bonchev–Trinajstić information content (AvgIpc) is 3.06. The molecule has 17 heteroatoms. The molecule has 52 heavy (non-hydrogen) atoms. The van der Waals surface area contributed by atoms with Crippen LogP contribution in [0, 0.1) is 39.9 Å². The molecule has 5 rings (SSSR count). The van der Waals surface area contributed by atoms with Gasteiger partial charge in [-0.05, 0) is 30.3 Å². The monoisotopic (exact) mass is 940 g/mol. The molecule has 260 valence electrons. The molecule has 0 saturated carbocycles. The number of benzene rings is 5. The van der Waals surface area contributed by atoms with E-state index in [1.165, 1.54) is 121 Å². The Kier molecular flexibility index (Phi) is 24.1. The SMILES string of the molecule is O=C(O)c1ccccc1[O-].O=C(O)c1ccccc1[O-].O=C(O)c1ccccc1[O-].O=C(O)c1ccccc1[O-].O=C(O)c1ccccc1[O-].[Na+].[Th+4]. The largest absolute Gasteiger partial charge is 4.00 e. The molecule has 0 heterocycles. The maximum Gasteiger partial charge on any atom is 4.00 e. The van der Waals surface area contributed by atoms with E-state index in [0.29, 0.717) is 0 Å². The molecule has 0 amide bonds. The summed E-state index contributed by atoms with van der Waals surface area (Å²) >= 11 is 0. The molecule has 5 aromatic rings. The summed E-state index contributed by atoms with van der Waals surface area (Å²) in [6.07, 6.45) is 0. The normalized spacial score (nSPS) is 8.85. The van der Waals surface area contributed by atoms with Crippen molar-refractivity contribution in [1.29, 1.82) is 0 Å². The van der Waals surface area contributed by atoms with Crippen LogP contribution in [-0.2, 0) is 0 Å². The molecule has 0 unspecified atom stereocenters. The van der Waals surface area contributed by atoms with Crippen LogP contribution in [-0.4, -0.2) is 55.4 Å². The minimum absolute atomic E-state index is 0. The molecule has 0 aliphatic heterocycles. The standard InChI is InChI=1S/5C7H6O3.Na.Th/c5*8-6-4-2-1-3-5(6)7(9)10;;/h5*1-4,8H,(H,9,10);;/q;;;;;+1;+4/p-5. The van der Waals surface area contributed by atoms with Gasteiger partial charge in [0, 0.05) is 0 Å². The zero-order valence-corrected chi connectivity index (χ0v) is 33.0. The Hall–Kier alpha value is -5.23. The van der Waals surface area contributed by atoms with Crippen LogP contribution >= 0.6 is 0 Å². The summed E-state index contributed by atoms with van der Waals surface area (Å²) < 4.78 is 0. The quantitative estimate of drug-likeness (QED) is 0.136. The number of carboxylic acid groups (broad SMARTS) is 5. The third-order valence-corrected chi connectivity index (χ3v) is 5.59. The van der Waals surface area contributed by atoms with Gasteiger partial charge >= 0.3 is 99.3 Å². The third kappa shape index (κ3) is 17.6. The first-order chi connectivity index (χ1) is 23.6. The van der Waals surface area contributed by atoms with Gasteiger partial charge in [-0.3, -0.25) is 0 Å². The smallest absolute Gasteiger partial charge is 0.872 e. The summed E-state index contributed by atoms with van der Waals surface area (Å²) in [7, 11) is 0. The summed E-state index contributed by atoms with van der Waals surface area (Å²) in [5.41, 5.74) is -0.891. The van der Waals surface area contributed by atoms with Gasteiger partial charge < -0.3 is 51.1 Å². The summed E-state index contributed by atoms with van der Waals surface area (Å²) in [5.74, 6) is -8.12. The number of carboxylic acids is 5. The maximum absolute atomic E-state index is 10.7. The first-order valence-corrected chi connectivity index (χ1v) is 13.5. The second-order valence-electron chi connectivity index (χ2n) is 9.01. The Balaban J connectivity index is 0. The minimum Gasteiger partial charge on any atom is -0.872 e. The molecule has 0 saturated heterocycles. The Labute approximate surface area is 349 Å². The predicted octanol–water partition coefficient (Wildman–Crippen LogP) is -0.704. The molecule has 0 atom stereocenters. The van der Waals surface area contributed by atoms with Gasteiger partial charge in [0.25, 0.3) is 0 Å². The summed E-state index contributed by atoms with van der Waals surface area (Å²) in [4.78, 5) is 51.1. The van der Waals surface area contributed by atoms with Crippen molar-refractivity contribution in [1.82, 2.24) is 0 Å². The molecule has 5 N–H and O–H groups in total. The molecule has 0 spiro atoms. The van der Waals surface area contributed by atoms with Crippen LogP contribution in [0.3, 0.4) is 0 Å². The average molecular weight is 941 g/mol. The number of carbonyl (C=O) groups is 5. The Morgan fingerprint density at radius 2 is 0.423 bits per heavy atom. The molecule has 15 nitrogen and oxygen atoms in total.